The van der Waals surface area contributed by atoms with Gasteiger partial charge in [-0.25, -0.2) is 0 Å². The lowest BCUT2D eigenvalue weighted by atomic mass is 9.89. The summed E-state index contributed by atoms with van der Waals surface area (Å²) in [5.74, 6) is -0.0240. The molecule has 1 amide bonds. The van der Waals surface area contributed by atoms with Gasteiger partial charge in [0.1, 0.15) is 0 Å². The van der Waals surface area contributed by atoms with Crippen LogP contribution in [0.5, 0.6) is 0 Å². The number of hydrogen-bond donors (Lipinski definition) is 1. The van der Waals surface area contributed by atoms with Gasteiger partial charge in [0.2, 0.25) is 5.91 Å². The van der Waals surface area contributed by atoms with Crippen LogP contribution in [0.4, 0.5) is 0 Å². The third-order valence-electron chi connectivity index (χ3n) is 3.59. The number of β-amino-alcohol motifs (C(OH)–C–C–N with tert-alkyl or cyclic N) is 1. The molecule has 1 aliphatic rings. The van der Waals surface area contributed by atoms with Gasteiger partial charge in [0.05, 0.1) is 18.7 Å². The second-order valence-corrected chi connectivity index (χ2v) is 5.36. The average molecular weight is 259 g/mol. The molecule has 1 fully saturated rings. The molecule has 3 heteroatoms. The van der Waals surface area contributed by atoms with Crippen LogP contribution in [0.3, 0.4) is 0 Å². The molecule has 2 rings (SSSR count). The molecule has 0 aromatic heterocycles. The molecule has 1 N–H and O–H groups in total. The highest BCUT2D eigenvalue weighted by atomic mass is 16.3. The van der Waals surface area contributed by atoms with Crippen molar-refractivity contribution in [3.05, 3.63) is 41.5 Å². The molecule has 0 spiro atoms. The molecule has 1 aromatic carbocycles. The van der Waals surface area contributed by atoms with Crippen molar-refractivity contribution in [2.75, 3.05) is 13.1 Å². The summed E-state index contributed by atoms with van der Waals surface area (Å²) in [7, 11) is 0. The van der Waals surface area contributed by atoms with Gasteiger partial charge in [-0.05, 0) is 30.5 Å². The highest BCUT2D eigenvalue weighted by Gasteiger charge is 2.41. The number of amides is 1. The molecule has 1 saturated heterocycles. The second kappa shape index (κ2) is 5.57. The quantitative estimate of drug-likeness (QED) is 0.843. The molecule has 0 unspecified atom stereocenters. The van der Waals surface area contributed by atoms with Crippen molar-refractivity contribution in [1.82, 2.24) is 4.90 Å². The minimum absolute atomic E-state index is 0.0240. The van der Waals surface area contributed by atoms with Crippen molar-refractivity contribution in [2.45, 2.75) is 32.3 Å². The van der Waals surface area contributed by atoms with E-state index in [2.05, 4.69) is 0 Å². The van der Waals surface area contributed by atoms with Crippen LogP contribution >= 0.6 is 0 Å². The van der Waals surface area contributed by atoms with E-state index in [0.29, 0.717) is 13.1 Å². The van der Waals surface area contributed by atoms with Crippen molar-refractivity contribution in [2.24, 2.45) is 0 Å². The Morgan fingerprint density at radius 2 is 2.11 bits per heavy atom. The Kier molecular flexibility index (Phi) is 4.05. The van der Waals surface area contributed by atoms with Gasteiger partial charge in [-0.1, -0.05) is 37.6 Å². The zero-order valence-electron chi connectivity index (χ0n) is 11.6. The van der Waals surface area contributed by atoms with Crippen LogP contribution < -0.4 is 0 Å². The van der Waals surface area contributed by atoms with Crippen LogP contribution in [-0.4, -0.2) is 34.6 Å². The van der Waals surface area contributed by atoms with Crippen LogP contribution in [0.2, 0.25) is 0 Å². The van der Waals surface area contributed by atoms with E-state index in [1.165, 1.54) is 0 Å². The number of likely N-dealkylation sites (tertiary alicyclic amines) is 1. The molecule has 1 heterocycles. The van der Waals surface area contributed by atoms with E-state index >= 15 is 0 Å². The molecule has 0 bridgehead atoms. The number of carbonyl (C=O) groups excluding carboxylic acids is 1. The van der Waals surface area contributed by atoms with Gasteiger partial charge in [-0.3, -0.25) is 4.79 Å². The van der Waals surface area contributed by atoms with E-state index in [0.717, 1.165) is 24.0 Å². The smallest absolute Gasteiger partial charge is 0.246 e. The molecule has 19 heavy (non-hydrogen) atoms. The third kappa shape index (κ3) is 3.24. The topological polar surface area (TPSA) is 40.5 Å². The summed E-state index contributed by atoms with van der Waals surface area (Å²) < 4.78 is 0. The first-order valence-corrected chi connectivity index (χ1v) is 6.79. The molecule has 1 aromatic rings. The number of benzene rings is 1. The standard InChI is InChI=1S/C16H21NO2/c1-3-10-16(19)11-17(12-16)15(18)9-8-14-7-5-4-6-13(14)2/h4-9,19H,3,10-12H2,1-2H3. The fourth-order valence-electron chi connectivity index (χ4n) is 2.48. The highest BCUT2D eigenvalue weighted by Crippen LogP contribution is 2.26. The summed E-state index contributed by atoms with van der Waals surface area (Å²) >= 11 is 0. The molecular formula is C16H21NO2. The number of aliphatic hydroxyl groups is 1. The predicted octanol–water partition coefficient (Wildman–Crippen LogP) is 2.38. The molecule has 1 aliphatic heterocycles. The third-order valence-corrected chi connectivity index (χ3v) is 3.59. The fraction of sp³-hybridized carbons (Fsp3) is 0.438. The summed E-state index contributed by atoms with van der Waals surface area (Å²) in [6, 6.07) is 7.95. The van der Waals surface area contributed by atoms with Crippen LogP contribution in [0.15, 0.2) is 30.3 Å². The summed E-state index contributed by atoms with van der Waals surface area (Å²) in [5, 5.41) is 10.0. The molecule has 102 valence electrons. The Bertz CT molecular complexity index is 487. The van der Waals surface area contributed by atoms with Gasteiger partial charge in [0.15, 0.2) is 0 Å². The minimum Gasteiger partial charge on any atom is -0.386 e. The average Bonchev–Trinajstić information content (AvgIpc) is 2.35. The van der Waals surface area contributed by atoms with Gasteiger partial charge in [0.25, 0.3) is 0 Å². The number of carbonyl (C=O) groups is 1. The van der Waals surface area contributed by atoms with Crippen molar-refractivity contribution >= 4 is 12.0 Å². The summed E-state index contributed by atoms with van der Waals surface area (Å²) in [4.78, 5) is 13.6. The summed E-state index contributed by atoms with van der Waals surface area (Å²) in [6.07, 6.45) is 5.14. The zero-order chi connectivity index (χ0) is 13.9. The first-order valence-electron chi connectivity index (χ1n) is 6.79. The molecule has 0 aliphatic carbocycles. The van der Waals surface area contributed by atoms with Crippen LogP contribution in [0, 0.1) is 6.92 Å². The Morgan fingerprint density at radius 3 is 2.74 bits per heavy atom. The van der Waals surface area contributed by atoms with Crippen LogP contribution in [-0.2, 0) is 4.79 Å². The van der Waals surface area contributed by atoms with Crippen molar-refractivity contribution < 1.29 is 9.90 Å². The molecule has 3 nitrogen and oxygen atoms in total. The Balaban J connectivity index is 1.91. The first kappa shape index (κ1) is 13.8. The van der Waals surface area contributed by atoms with Gasteiger partial charge in [-0.15, -0.1) is 0 Å². The lowest BCUT2D eigenvalue weighted by Gasteiger charge is -2.46. The summed E-state index contributed by atoms with van der Waals surface area (Å²) in [6.45, 7) is 4.98. The molecule has 0 radical (unpaired) electrons. The largest absolute Gasteiger partial charge is 0.386 e. The lowest BCUT2D eigenvalue weighted by Crippen LogP contribution is -2.63. The van der Waals surface area contributed by atoms with Crippen molar-refractivity contribution in [3.8, 4) is 0 Å². The van der Waals surface area contributed by atoms with E-state index in [9.17, 15) is 9.90 Å². The number of hydrogen-bond acceptors (Lipinski definition) is 2. The van der Waals surface area contributed by atoms with E-state index in [-0.39, 0.29) is 5.91 Å². The highest BCUT2D eigenvalue weighted by molar-refractivity contribution is 5.92. The molecular weight excluding hydrogens is 238 g/mol. The Labute approximate surface area is 114 Å². The van der Waals surface area contributed by atoms with Crippen molar-refractivity contribution in [3.63, 3.8) is 0 Å². The Morgan fingerprint density at radius 1 is 1.42 bits per heavy atom. The predicted molar refractivity (Wildman–Crippen MR) is 76.7 cm³/mol. The monoisotopic (exact) mass is 259 g/mol. The molecule has 0 saturated carbocycles. The van der Waals surface area contributed by atoms with E-state index in [1.54, 1.807) is 11.0 Å². The zero-order valence-corrected chi connectivity index (χ0v) is 11.6. The van der Waals surface area contributed by atoms with Crippen molar-refractivity contribution in [1.29, 1.82) is 0 Å². The normalized spacial score (nSPS) is 17.5. The minimum atomic E-state index is -0.652. The van der Waals surface area contributed by atoms with E-state index in [4.69, 9.17) is 0 Å². The van der Waals surface area contributed by atoms with Crippen LogP contribution in [0.25, 0.3) is 6.08 Å². The maximum atomic E-state index is 11.9. The van der Waals surface area contributed by atoms with Gasteiger partial charge < -0.3 is 10.0 Å². The van der Waals surface area contributed by atoms with Crippen LogP contribution in [0.1, 0.15) is 30.9 Å². The summed E-state index contributed by atoms with van der Waals surface area (Å²) in [5.41, 5.74) is 1.55. The first-order chi connectivity index (χ1) is 9.04. The van der Waals surface area contributed by atoms with E-state index in [1.807, 2.05) is 44.2 Å². The number of aryl methyl sites for hydroxylation is 1. The number of rotatable bonds is 4. The Hall–Kier alpha value is -1.61. The number of nitrogens with zero attached hydrogens (tertiary/aromatic N) is 1. The second-order valence-electron chi connectivity index (χ2n) is 5.36. The maximum Gasteiger partial charge on any atom is 0.246 e. The van der Waals surface area contributed by atoms with Gasteiger partial charge in [0, 0.05) is 6.08 Å². The maximum absolute atomic E-state index is 11.9. The van der Waals surface area contributed by atoms with Gasteiger partial charge >= 0.3 is 0 Å². The lowest BCUT2D eigenvalue weighted by molar-refractivity contribution is -0.151. The fourth-order valence-corrected chi connectivity index (χ4v) is 2.48. The SMILES string of the molecule is CCCC1(O)CN(C(=O)C=Cc2ccccc2C)C1. The van der Waals surface area contributed by atoms with E-state index < -0.39 is 5.60 Å². The van der Waals surface area contributed by atoms with Gasteiger partial charge in [-0.2, -0.15) is 0 Å². The molecule has 0 atom stereocenters.